The van der Waals surface area contributed by atoms with Crippen LogP contribution in [0.1, 0.15) is 37.3 Å². The molecule has 2 aromatic rings. The third-order valence-corrected chi connectivity index (χ3v) is 5.55. The molecule has 2 aromatic carbocycles. The number of alkyl carbamates (subject to hydrolysis) is 1. The van der Waals surface area contributed by atoms with Crippen LogP contribution in [0.25, 0.3) is 11.1 Å². The van der Waals surface area contributed by atoms with E-state index >= 15 is 0 Å². The number of nitrogens with one attached hydrogen (secondary N) is 2. The highest BCUT2D eigenvalue weighted by molar-refractivity contribution is 5.87. The van der Waals surface area contributed by atoms with Gasteiger partial charge in [0.05, 0.1) is 6.42 Å². The van der Waals surface area contributed by atoms with Crippen LogP contribution in [0.2, 0.25) is 0 Å². The molecule has 0 bridgehead atoms. The summed E-state index contributed by atoms with van der Waals surface area (Å²) in [5.74, 6) is -1.57. The van der Waals surface area contributed by atoms with E-state index in [1.807, 2.05) is 36.4 Å². The van der Waals surface area contributed by atoms with Gasteiger partial charge in [0.1, 0.15) is 12.6 Å². The molecule has 0 aromatic heterocycles. The molecule has 8 nitrogen and oxygen atoms in total. The summed E-state index contributed by atoms with van der Waals surface area (Å²) in [7, 11) is 3.56. The molecule has 1 atom stereocenters. The highest BCUT2D eigenvalue weighted by Crippen LogP contribution is 2.44. The standard InChI is InChI=1S/C25H31N3O5/c1-25(2,13-22(29)30)27-23(31)21(14-28(3)4)26-24(32)33-15-20-18-11-7-5-9-16(18)17-10-6-8-12-19(17)20/h5-12,20-21H,13-15H2,1-4H3,(H,26,32)(H,27,31)(H,29,30). The molecule has 0 heterocycles. The molecular weight excluding hydrogens is 422 g/mol. The molecule has 0 saturated heterocycles. The van der Waals surface area contributed by atoms with Crippen molar-refractivity contribution in [3.63, 3.8) is 0 Å². The Labute approximate surface area is 193 Å². The molecular formula is C25H31N3O5. The molecule has 33 heavy (non-hydrogen) atoms. The number of carboxylic acids is 1. The Hall–Kier alpha value is -3.39. The van der Waals surface area contributed by atoms with Crippen LogP contribution in [-0.4, -0.2) is 66.8 Å². The van der Waals surface area contributed by atoms with Crippen LogP contribution < -0.4 is 10.6 Å². The first-order chi connectivity index (χ1) is 15.6. The Kier molecular flexibility index (Phi) is 7.38. The van der Waals surface area contributed by atoms with E-state index in [4.69, 9.17) is 9.84 Å². The predicted molar refractivity (Wildman–Crippen MR) is 125 cm³/mol. The van der Waals surface area contributed by atoms with Crippen molar-refractivity contribution in [3.8, 4) is 11.1 Å². The third-order valence-electron chi connectivity index (χ3n) is 5.55. The average Bonchev–Trinajstić information content (AvgIpc) is 3.04. The second-order valence-corrected chi connectivity index (χ2v) is 9.23. The van der Waals surface area contributed by atoms with Gasteiger partial charge in [-0.1, -0.05) is 48.5 Å². The second-order valence-electron chi connectivity index (χ2n) is 9.23. The van der Waals surface area contributed by atoms with Gasteiger partial charge in [0, 0.05) is 18.0 Å². The van der Waals surface area contributed by atoms with Gasteiger partial charge in [-0.25, -0.2) is 4.79 Å². The van der Waals surface area contributed by atoms with Gasteiger partial charge in [-0.3, -0.25) is 9.59 Å². The van der Waals surface area contributed by atoms with Crippen LogP contribution in [-0.2, 0) is 14.3 Å². The number of benzene rings is 2. The first kappa shape index (κ1) is 24.3. The molecule has 0 aliphatic heterocycles. The maximum Gasteiger partial charge on any atom is 0.407 e. The number of carbonyl (C=O) groups excluding carboxylic acids is 2. The van der Waals surface area contributed by atoms with Gasteiger partial charge < -0.3 is 25.4 Å². The van der Waals surface area contributed by atoms with Gasteiger partial charge in [-0.15, -0.1) is 0 Å². The predicted octanol–water partition coefficient (Wildman–Crippen LogP) is 2.82. The van der Waals surface area contributed by atoms with E-state index < -0.39 is 29.6 Å². The summed E-state index contributed by atoms with van der Waals surface area (Å²) in [6.07, 6.45) is -0.937. The Bertz CT molecular complexity index is 989. The zero-order valence-corrected chi connectivity index (χ0v) is 19.4. The van der Waals surface area contributed by atoms with Gasteiger partial charge in [-0.2, -0.15) is 0 Å². The van der Waals surface area contributed by atoms with Gasteiger partial charge >= 0.3 is 12.1 Å². The number of hydrogen-bond acceptors (Lipinski definition) is 5. The third kappa shape index (κ3) is 6.10. The van der Waals surface area contributed by atoms with E-state index in [1.54, 1.807) is 32.8 Å². The van der Waals surface area contributed by atoms with Crippen molar-refractivity contribution >= 4 is 18.0 Å². The van der Waals surface area contributed by atoms with Crippen LogP contribution in [0.15, 0.2) is 48.5 Å². The number of carboxylic acid groups (broad SMARTS) is 1. The monoisotopic (exact) mass is 453 g/mol. The minimum absolute atomic E-state index is 0.0845. The molecule has 176 valence electrons. The normalized spacial score (nSPS) is 13.7. The molecule has 0 fully saturated rings. The number of amides is 2. The summed E-state index contributed by atoms with van der Waals surface area (Å²) in [5, 5.41) is 14.4. The molecule has 2 amide bonds. The fourth-order valence-corrected chi connectivity index (χ4v) is 4.18. The zero-order chi connectivity index (χ0) is 24.2. The first-order valence-corrected chi connectivity index (χ1v) is 10.9. The van der Waals surface area contributed by atoms with Crippen molar-refractivity contribution in [2.75, 3.05) is 27.2 Å². The van der Waals surface area contributed by atoms with Crippen molar-refractivity contribution in [1.82, 2.24) is 15.5 Å². The summed E-state index contributed by atoms with van der Waals surface area (Å²) in [5.41, 5.74) is 3.50. The number of fused-ring (bicyclic) bond motifs is 3. The average molecular weight is 454 g/mol. The van der Waals surface area contributed by atoms with Crippen LogP contribution >= 0.6 is 0 Å². The Balaban J connectivity index is 1.66. The maximum absolute atomic E-state index is 12.8. The largest absolute Gasteiger partial charge is 0.481 e. The summed E-state index contributed by atoms with van der Waals surface area (Å²) in [6, 6.07) is 15.2. The van der Waals surface area contributed by atoms with Crippen molar-refractivity contribution < 1.29 is 24.2 Å². The Morgan fingerprint density at radius 2 is 1.58 bits per heavy atom. The summed E-state index contributed by atoms with van der Waals surface area (Å²) in [6.45, 7) is 3.62. The lowest BCUT2D eigenvalue weighted by atomic mass is 9.98. The van der Waals surface area contributed by atoms with Crippen LogP contribution in [0.3, 0.4) is 0 Å². The molecule has 0 spiro atoms. The maximum atomic E-state index is 12.8. The summed E-state index contributed by atoms with van der Waals surface area (Å²) >= 11 is 0. The number of hydrogen-bond donors (Lipinski definition) is 3. The van der Waals surface area contributed by atoms with E-state index in [2.05, 4.69) is 22.8 Å². The molecule has 8 heteroatoms. The van der Waals surface area contributed by atoms with E-state index in [-0.39, 0.29) is 25.5 Å². The van der Waals surface area contributed by atoms with E-state index in [0.717, 1.165) is 22.3 Å². The molecule has 0 radical (unpaired) electrons. The lowest BCUT2D eigenvalue weighted by Crippen LogP contribution is -2.56. The van der Waals surface area contributed by atoms with Crippen molar-refractivity contribution in [3.05, 3.63) is 59.7 Å². The zero-order valence-electron chi connectivity index (χ0n) is 19.4. The molecule has 3 N–H and O–H groups in total. The number of carbonyl (C=O) groups is 3. The topological polar surface area (TPSA) is 108 Å². The van der Waals surface area contributed by atoms with Gasteiger partial charge in [0.2, 0.25) is 5.91 Å². The molecule has 1 aliphatic carbocycles. The highest BCUT2D eigenvalue weighted by atomic mass is 16.5. The van der Waals surface area contributed by atoms with E-state index in [9.17, 15) is 14.4 Å². The van der Waals surface area contributed by atoms with Crippen LogP contribution in [0.4, 0.5) is 4.79 Å². The number of likely N-dealkylation sites (N-methyl/N-ethyl adjacent to an activating group) is 1. The minimum Gasteiger partial charge on any atom is -0.481 e. The van der Waals surface area contributed by atoms with Crippen LogP contribution in [0.5, 0.6) is 0 Å². The van der Waals surface area contributed by atoms with Gasteiger partial charge in [0.15, 0.2) is 0 Å². The smallest absolute Gasteiger partial charge is 0.407 e. The molecule has 1 unspecified atom stereocenters. The van der Waals surface area contributed by atoms with Crippen molar-refractivity contribution in [2.24, 2.45) is 0 Å². The Morgan fingerprint density at radius 3 is 2.09 bits per heavy atom. The van der Waals surface area contributed by atoms with Crippen molar-refractivity contribution in [1.29, 1.82) is 0 Å². The van der Waals surface area contributed by atoms with Crippen molar-refractivity contribution in [2.45, 2.75) is 37.8 Å². The quantitative estimate of drug-likeness (QED) is 0.539. The first-order valence-electron chi connectivity index (χ1n) is 10.9. The second kappa shape index (κ2) is 10.0. The lowest BCUT2D eigenvalue weighted by molar-refractivity contribution is -0.138. The molecule has 0 saturated carbocycles. The van der Waals surface area contributed by atoms with Crippen LogP contribution in [0, 0.1) is 0 Å². The van der Waals surface area contributed by atoms with E-state index in [1.165, 1.54) is 0 Å². The number of aliphatic carboxylic acids is 1. The minimum atomic E-state index is -1.02. The van der Waals surface area contributed by atoms with Gasteiger partial charge in [0.25, 0.3) is 0 Å². The number of rotatable bonds is 9. The van der Waals surface area contributed by atoms with E-state index in [0.29, 0.717) is 0 Å². The lowest BCUT2D eigenvalue weighted by Gasteiger charge is -2.29. The SMILES string of the molecule is CN(C)CC(NC(=O)OCC1c2ccccc2-c2ccccc21)C(=O)NC(C)(C)CC(=O)O. The Morgan fingerprint density at radius 1 is 1.03 bits per heavy atom. The fourth-order valence-electron chi connectivity index (χ4n) is 4.18. The molecule has 3 rings (SSSR count). The highest BCUT2D eigenvalue weighted by Gasteiger charge is 2.31. The number of nitrogens with zero attached hydrogens (tertiary/aromatic N) is 1. The van der Waals surface area contributed by atoms with Gasteiger partial charge in [-0.05, 0) is 50.2 Å². The fraction of sp³-hybridized carbons (Fsp3) is 0.400. The molecule has 1 aliphatic rings. The summed E-state index contributed by atoms with van der Waals surface area (Å²) in [4.78, 5) is 38.3. The summed E-state index contributed by atoms with van der Waals surface area (Å²) < 4.78 is 5.55. The number of ether oxygens (including phenoxy) is 1.